The van der Waals surface area contributed by atoms with E-state index in [4.69, 9.17) is 4.55 Å². The smallest absolute Gasteiger partial charge is 0.294 e. The van der Waals surface area contributed by atoms with Crippen LogP contribution in [0.15, 0.2) is 34.1 Å². The van der Waals surface area contributed by atoms with Crippen LogP contribution in [0.4, 0.5) is 5.69 Å². The second-order valence-corrected chi connectivity index (χ2v) is 8.54. The molecule has 0 aliphatic heterocycles. The average molecular weight is 487 g/mol. The van der Waals surface area contributed by atoms with Gasteiger partial charge >= 0.3 is 0 Å². The summed E-state index contributed by atoms with van der Waals surface area (Å²) in [6, 6.07) is 3.54. The number of benzene rings is 2. The molecule has 130 valence electrons. The predicted octanol–water partition coefficient (Wildman–Crippen LogP) is 1.74. The van der Waals surface area contributed by atoms with Gasteiger partial charge in [-0.1, -0.05) is 0 Å². The molecule has 0 atom stereocenters. The number of nitrogens with zero attached hydrogens (tertiary/aromatic N) is 1. The highest BCUT2D eigenvalue weighted by atomic mass is 127. The zero-order valence-electron chi connectivity index (χ0n) is 11.8. The summed E-state index contributed by atoms with van der Waals surface area (Å²) in [7, 11) is -9.34. The van der Waals surface area contributed by atoms with Gasteiger partial charge in [0.1, 0.15) is 5.75 Å². The number of carbonyl (C=O) groups excluding carboxylic acids is 1. The summed E-state index contributed by atoms with van der Waals surface area (Å²) in [6.07, 6.45) is 0. The van der Waals surface area contributed by atoms with Crippen molar-refractivity contribution >= 4 is 65.5 Å². The van der Waals surface area contributed by atoms with Crippen molar-refractivity contribution in [3.8, 4) is 5.75 Å². The van der Waals surface area contributed by atoms with Crippen LogP contribution < -0.4 is 3.11 Å². The lowest BCUT2D eigenvalue weighted by Crippen LogP contribution is -2.16. The van der Waals surface area contributed by atoms with Gasteiger partial charge in [0.05, 0.1) is 38.3 Å². The van der Waals surface area contributed by atoms with Crippen molar-refractivity contribution in [3.63, 3.8) is 0 Å². The second kappa shape index (κ2) is 6.11. The molecule has 0 saturated heterocycles. The zero-order chi connectivity index (χ0) is 18.4. The van der Waals surface area contributed by atoms with E-state index >= 15 is 0 Å². The van der Waals surface area contributed by atoms with Crippen molar-refractivity contribution in [1.82, 2.24) is 0 Å². The number of hydrogen-bond donors (Lipinski definition) is 3. The fourth-order valence-corrected chi connectivity index (χ4v) is 3.49. The molecule has 0 saturated carbocycles. The number of halogens is 1. The SMILES string of the molecule is CC(=O)N(I)c1cc(S(=O)(=O)O)cc2cc(S(=O)(=O)O)cc(O)c12. The normalized spacial score (nSPS) is 12.3. The third-order valence-electron chi connectivity index (χ3n) is 3.04. The van der Waals surface area contributed by atoms with Crippen molar-refractivity contribution in [3.05, 3.63) is 24.3 Å². The molecule has 12 heteroatoms. The highest BCUT2D eigenvalue weighted by Crippen LogP contribution is 2.39. The molecule has 2 aromatic rings. The summed E-state index contributed by atoms with van der Waals surface area (Å²) in [5.74, 6) is -1.11. The lowest BCUT2D eigenvalue weighted by molar-refractivity contribution is -0.115. The maximum Gasteiger partial charge on any atom is 0.294 e. The Labute approximate surface area is 150 Å². The van der Waals surface area contributed by atoms with E-state index in [0.717, 1.165) is 27.4 Å². The third kappa shape index (κ3) is 3.61. The van der Waals surface area contributed by atoms with Gasteiger partial charge in [-0.15, -0.1) is 0 Å². The number of amides is 1. The van der Waals surface area contributed by atoms with Crippen molar-refractivity contribution in [2.45, 2.75) is 16.7 Å². The van der Waals surface area contributed by atoms with E-state index in [0.29, 0.717) is 0 Å². The first-order valence-corrected chi connectivity index (χ1v) is 9.89. The maximum atomic E-state index is 11.6. The van der Waals surface area contributed by atoms with Gasteiger partial charge in [-0.3, -0.25) is 17.0 Å². The third-order valence-corrected chi connectivity index (χ3v) is 5.90. The van der Waals surface area contributed by atoms with E-state index in [1.54, 1.807) is 22.9 Å². The summed E-state index contributed by atoms with van der Waals surface area (Å²) in [6.45, 7) is 1.18. The Morgan fingerprint density at radius 3 is 1.88 bits per heavy atom. The molecule has 3 N–H and O–H groups in total. The van der Waals surface area contributed by atoms with Gasteiger partial charge in [-0.25, -0.2) is 0 Å². The highest BCUT2D eigenvalue weighted by molar-refractivity contribution is 14.1. The molecule has 0 aromatic heterocycles. The van der Waals surface area contributed by atoms with Gasteiger partial charge in [-0.2, -0.15) is 16.8 Å². The molecule has 0 aliphatic rings. The first kappa shape index (κ1) is 18.9. The molecule has 0 spiro atoms. The minimum atomic E-state index is -4.67. The summed E-state index contributed by atoms with van der Waals surface area (Å²) in [4.78, 5) is 10.3. The first-order valence-electron chi connectivity index (χ1n) is 6.04. The molecule has 0 bridgehead atoms. The average Bonchev–Trinajstić information content (AvgIpc) is 2.42. The molecule has 9 nitrogen and oxygen atoms in total. The summed E-state index contributed by atoms with van der Waals surface area (Å²) >= 11 is 1.56. The highest BCUT2D eigenvalue weighted by Gasteiger charge is 2.22. The fourth-order valence-electron chi connectivity index (χ4n) is 2.04. The van der Waals surface area contributed by atoms with Gasteiger partial charge in [0, 0.05) is 18.4 Å². The number of rotatable bonds is 3. The van der Waals surface area contributed by atoms with Crippen molar-refractivity contribution in [1.29, 1.82) is 0 Å². The van der Waals surface area contributed by atoms with Crippen molar-refractivity contribution in [2.75, 3.05) is 3.11 Å². The standard InChI is InChI=1S/C12H10INO8S2/c1-6(15)14(13)10-4-8(23(17,18)19)2-7-3-9(24(20,21)22)5-11(16)12(7)10/h2-5,16H,1H3,(H,17,18,19)(H,20,21,22). The number of anilines is 1. The Balaban J connectivity index is 3.02. The molecular formula is C12H10INO8S2. The molecule has 0 fully saturated rings. The van der Waals surface area contributed by atoms with Crippen LogP contribution in [-0.2, 0) is 25.0 Å². The largest absolute Gasteiger partial charge is 0.507 e. The van der Waals surface area contributed by atoms with Crippen molar-refractivity contribution < 1.29 is 35.8 Å². The molecule has 2 aromatic carbocycles. The molecule has 2 rings (SSSR count). The minimum absolute atomic E-state index is 0.0283. The zero-order valence-corrected chi connectivity index (χ0v) is 15.6. The van der Waals surface area contributed by atoms with Crippen LogP contribution in [0, 0.1) is 0 Å². The Kier molecular flexibility index (Phi) is 4.80. The maximum absolute atomic E-state index is 11.6. The number of carbonyl (C=O) groups is 1. The van der Waals surface area contributed by atoms with Gasteiger partial charge in [-0.05, 0) is 23.6 Å². The Bertz CT molecular complexity index is 1060. The molecule has 1 amide bonds. The quantitative estimate of drug-likeness (QED) is 0.337. The van der Waals surface area contributed by atoms with E-state index in [1.807, 2.05) is 0 Å². The summed E-state index contributed by atoms with van der Waals surface area (Å²) < 4.78 is 64.6. The fraction of sp³-hybridized carbons (Fsp3) is 0.0833. The summed E-state index contributed by atoms with van der Waals surface area (Å²) in [5, 5.41) is 9.95. The number of fused-ring (bicyclic) bond motifs is 1. The lowest BCUT2D eigenvalue weighted by Gasteiger charge is -2.17. The molecule has 0 unspecified atom stereocenters. The van der Waals surface area contributed by atoms with Crippen LogP contribution in [0.3, 0.4) is 0 Å². The van der Waals surface area contributed by atoms with Crippen LogP contribution in [-0.4, -0.2) is 37.0 Å². The van der Waals surface area contributed by atoms with Crippen LogP contribution in [0.5, 0.6) is 5.75 Å². The summed E-state index contributed by atoms with van der Waals surface area (Å²) in [5.41, 5.74) is -0.0763. The van der Waals surface area contributed by atoms with Crippen LogP contribution in [0.2, 0.25) is 0 Å². The number of aromatic hydroxyl groups is 1. The Morgan fingerprint density at radius 1 is 1.00 bits per heavy atom. The van der Waals surface area contributed by atoms with E-state index in [1.165, 1.54) is 6.92 Å². The minimum Gasteiger partial charge on any atom is -0.507 e. The molecule has 0 aliphatic carbocycles. The van der Waals surface area contributed by atoms with E-state index in [-0.39, 0.29) is 16.5 Å². The van der Waals surface area contributed by atoms with Gasteiger partial charge in [0.15, 0.2) is 0 Å². The number of phenols is 1. The second-order valence-electron chi connectivity index (χ2n) is 4.73. The predicted molar refractivity (Wildman–Crippen MR) is 92.4 cm³/mol. The van der Waals surface area contributed by atoms with E-state index in [2.05, 4.69) is 0 Å². The van der Waals surface area contributed by atoms with Crippen LogP contribution in [0.25, 0.3) is 10.8 Å². The van der Waals surface area contributed by atoms with E-state index in [9.17, 15) is 31.3 Å². The van der Waals surface area contributed by atoms with Crippen LogP contribution in [0.1, 0.15) is 6.92 Å². The number of phenolic OH excluding ortho intramolecular Hbond substituents is 1. The molecule has 0 radical (unpaired) electrons. The number of hydrogen-bond acceptors (Lipinski definition) is 6. The topological polar surface area (TPSA) is 149 Å². The molecule has 24 heavy (non-hydrogen) atoms. The monoisotopic (exact) mass is 487 g/mol. The van der Waals surface area contributed by atoms with E-state index < -0.39 is 41.7 Å². The van der Waals surface area contributed by atoms with Gasteiger partial charge < -0.3 is 5.11 Å². The first-order chi connectivity index (χ1) is 10.8. The van der Waals surface area contributed by atoms with Crippen LogP contribution >= 0.6 is 22.9 Å². The molecular weight excluding hydrogens is 477 g/mol. The van der Waals surface area contributed by atoms with Gasteiger partial charge in [0.25, 0.3) is 20.2 Å². The van der Waals surface area contributed by atoms with Gasteiger partial charge in [0.2, 0.25) is 5.91 Å². The lowest BCUT2D eigenvalue weighted by atomic mass is 10.1. The Morgan fingerprint density at radius 2 is 1.46 bits per heavy atom. The molecule has 0 heterocycles. The Hall–Kier alpha value is -1.48. The van der Waals surface area contributed by atoms with Crippen molar-refractivity contribution in [2.24, 2.45) is 0 Å².